The Balaban J connectivity index is 2.62. The van der Waals surface area contributed by atoms with E-state index in [0.717, 1.165) is 12.2 Å². The summed E-state index contributed by atoms with van der Waals surface area (Å²) in [4.78, 5) is 4.19. The van der Waals surface area contributed by atoms with Crippen LogP contribution in [0, 0.1) is 5.92 Å². The van der Waals surface area contributed by atoms with Crippen molar-refractivity contribution in [2.45, 2.75) is 46.2 Å². The molecule has 0 aromatic carbocycles. The van der Waals surface area contributed by atoms with Crippen molar-refractivity contribution in [2.75, 3.05) is 0 Å². The van der Waals surface area contributed by atoms with E-state index in [4.69, 9.17) is 0 Å². The molecule has 2 N–H and O–H groups in total. The Morgan fingerprint density at radius 2 is 2.07 bits per heavy atom. The highest BCUT2D eigenvalue weighted by atomic mass is 15.2. The van der Waals surface area contributed by atoms with Crippen molar-refractivity contribution in [3.63, 3.8) is 0 Å². The van der Waals surface area contributed by atoms with Crippen molar-refractivity contribution in [2.24, 2.45) is 5.92 Å². The summed E-state index contributed by atoms with van der Waals surface area (Å²) in [5.74, 6) is 1.59. The van der Waals surface area contributed by atoms with Crippen LogP contribution >= 0.6 is 0 Å². The van der Waals surface area contributed by atoms with Crippen LogP contribution in [0.3, 0.4) is 0 Å². The molecule has 0 saturated heterocycles. The van der Waals surface area contributed by atoms with E-state index < -0.39 is 0 Å². The molecule has 0 radical (unpaired) electrons. The topological polar surface area (TPSA) is 53.6 Å². The van der Waals surface area contributed by atoms with E-state index in [1.54, 1.807) is 6.33 Å². The molecule has 0 amide bonds. The molecule has 4 heteroatoms. The summed E-state index contributed by atoms with van der Waals surface area (Å²) in [6.07, 6.45) is 2.64. The van der Waals surface area contributed by atoms with Gasteiger partial charge in [0.25, 0.3) is 0 Å². The second kappa shape index (κ2) is 5.10. The number of H-pyrrole nitrogens is 1. The number of hydrogen-bond donors (Lipinski definition) is 2. The average Bonchev–Trinajstić information content (AvgIpc) is 2.52. The van der Waals surface area contributed by atoms with Gasteiger partial charge in [-0.05, 0) is 12.3 Å². The van der Waals surface area contributed by atoms with Crippen LogP contribution in [0.1, 0.15) is 46.0 Å². The van der Waals surface area contributed by atoms with Gasteiger partial charge in [0.15, 0.2) is 0 Å². The predicted octanol–water partition coefficient (Wildman–Crippen LogP) is 1.89. The number of nitrogens with zero attached hydrogens (tertiary/aromatic N) is 2. The lowest BCUT2D eigenvalue weighted by molar-refractivity contribution is 0.387. The van der Waals surface area contributed by atoms with E-state index in [9.17, 15) is 0 Å². The third-order valence-electron chi connectivity index (χ3n) is 2.01. The maximum absolute atomic E-state index is 4.19. The van der Waals surface area contributed by atoms with Crippen molar-refractivity contribution in [1.29, 1.82) is 0 Å². The van der Waals surface area contributed by atoms with Crippen LogP contribution < -0.4 is 5.32 Å². The second-order valence-corrected chi connectivity index (χ2v) is 4.37. The molecule has 0 saturated carbocycles. The fourth-order valence-corrected chi connectivity index (χ4v) is 1.52. The highest BCUT2D eigenvalue weighted by Gasteiger charge is 2.16. The van der Waals surface area contributed by atoms with Crippen molar-refractivity contribution < 1.29 is 0 Å². The summed E-state index contributed by atoms with van der Waals surface area (Å²) in [6, 6.07) is 0.751. The lowest BCUT2D eigenvalue weighted by Gasteiger charge is -2.20. The van der Waals surface area contributed by atoms with E-state index >= 15 is 0 Å². The first kappa shape index (κ1) is 11.2. The molecule has 0 spiro atoms. The molecular weight excluding hydrogens is 176 g/mol. The normalized spacial score (nSPS) is 13.9. The van der Waals surface area contributed by atoms with E-state index in [1.165, 1.54) is 0 Å². The standard InChI is InChI=1S/C10H20N4/c1-7(2)5-9(13-8(3)4)10-11-6-12-14-10/h6-9,13H,5H2,1-4H3,(H,11,12,14). The largest absolute Gasteiger partial charge is 0.305 e. The van der Waals surface area contributed by atoms with Gasteiger partial charge in [0.2, 0.25) is 0 Å². The van der Waals surface area contributed by atoms with Crippen molar-refractivity contribution in [1.82, 2.24) is 20.5 Å². The lowest BCUT2D eigenvalue weighted by atomic mass is 10.0. The first-order valence-corrected chi connectivity index (χ1v) is 5.21. The molecule has 1 unspecified atom stereocenters. The smallest absolute Gasteiger partial charge is 0.141 e. The summed E-state index contributed by atoms with van der Waals surface area (Å²) in [5.41, 5.74) is 0. The lowest BCUT2D eigenvalue weighted by Crippen LogP contribution is -2.30. The quantitative estimate of drug-likeness (QED) is 0.756. The third-order valence-corrected chi connectivity index (χ3v) is 2.01. The maximum atomic E-state index is 4.19. The minimum absolute atomic E-state index is 0.289. The van der Waals surface area contributed by atoms with Gasteiger partial charge in [0.1, 0.15) is 12.2 Å². The van der Waals surface area contributed by atoms with E-state index in [2.05, 4.69) is 48.2 Å². The van der Waals surface area contributed by atoms with Crippen LogP contribution in [0.2, 0.25) is 0 Å². The number of hydrogen-bond acceptors (Lipinski definition) is 3. The molecule has 1 heterocycles. The Morgan fingerprint density at radius 1 is 1.36 bits per heavy atom. The van der Waals surface area contributed by atoms with E-state index in [0.29, 0.717) is 12.0 Å². The molecular formula is C10H20N4. The van der Waals surface area contributed by atoms with Crippen LogP contribution in [0.15, 0.2) is 6.33 Å². The third kappa shape index (κ3) is 3.46. The zero-order chi connectivity index (χ0) is 10.6. The summed E-state index contributed by atoms with van der Waals surface area (Å²) >= 11 is 0. The number of nitrogens with one attached hydrogen (secondary N) is 2. The Labute approximate surface area is 85.5 Å². The SMILES string of the molecule is CC(C)CC(NC(C)C)c1ncn[nH]1. The van der Waals surface area contributed by atoms with E-state index in [1.807, 2.05) is 0 Å². The molecule has 14 heavy (non-hydrogen) atoms. The van der Waals surface area contributed by atoms with Crippen LogP contribution in [-0.2, 0) is 0 Å². The van der Waals surface area contributed by atoms with Gasteiger partial charge < -0.3 is 5.32 Å². The van der Waals surface area contributed by atoms with Gasteiger partial charge in [-0.15, -0.1) is 0 Å². The van der Waals surface area contributed by atoms with Crippen molar-refractivity contribution in [3.8, 4) is 0 Å². The van der Waals surface area contributed by atoms with Gasteiger partial charge >= 0.3 is 0 Å². The molecule has 0 bridgehead atoms. The van der Waals surface area contributed by atoms with Crippen LogP contribution in [0.4, 0.5) is 0 Å². The molecule has 0 aliphatic carbocycles. The number of aromatic amines is 1. The fourth-order valence-electron chi connectivity index (χ4n) is 1.52. The Bertz CT molecular complexity index is 231. The average molecular weight is 196 g/mol. The minimum atomic E-state index is 0.289. The zero-order valence-corrected chi connectivity index (χ0v) is 9.41. The van der Waals surface area contributed by atoms with Crippen LogP contribution in [0.25, 0.3) is 0 Å². The van der Waals surface area contributed by atoms with Gasteiger partial charge in [0, 0.05) is 6.04 Å². The summed E-state index contributed by atoms with van der Waals surface area (Å²) in [5, 5.41) is 10.3. The first-order valence-electron chi connectivity index (χ1n) is 5.21. The van der Waals surface area contributed by atoms with Gasteiger partial charge in [0.05, 0.1) is 6.04 Å². The Kier molecular flexibility index (Phi) is 4.07. The van der Waals surface area contributed by atoms with Crippen LogP contribution in [0.5, 0.6) is 0 Å². The van der Waals surface area contributed by atoms with Crippen molar-refractivity contribution in [3.05, 3.63) is 12.2 Å². The highest BCUT2D eigenvalue weighted by Crippen LogP contribution is 2.17. The van der Waals surface area contributed by atoms with Crippen LogP contribution in [-0.4, -0.2) is 21.2 Å². The fraction of sp³-hybridized carbons (Fsp3) is 0.800. The summed E-state index contributed by atoms with van der Waals surface area (Å²) in [7, 11) is 0. The van der Waals surface area contributed by atoms with Gasteiger partial charge in [-0.3, -0.25) is 5.10 Å². The van der Waals surface area contributed by atoms with Gasteiger partial charge in [-0.1, -0.05) is 27.7 Å². The molecule has 1 atom stereocenters. The minimum Gasteiger partial charge on any atom is -0.305 e. The Morgan fingerprint density at radius 3 is 2.50 bits per heavy atom. The monoisotopic (exact) mass is 196 g/mol. The molecule has 0 aliphatic rings. The maximum Gasteiger partial charge on any atom is 0.141 e. The number of rotatable bonds is 5. The zero-order valence-electron chi connectivity index (χ0n) is 9.41. The Hall–Kier alpha value is -0.900. The van der Waals surface area contributed by atoms with Gasteiger partial charge in [-0.25, -0.2) is 4.98 Å². The first-order chi connectivity index (χ1) is 6.59. The predicted molar refractivity (Wildman–Crippen MR) is 56.9 cm³/mol. The molecule has 1 rings (SSSR count). The number of aromatic nitrogens is 3. The van der Waals surface area contributed by atoms with Crippen molar-refractivity contribution >= 4 is 0 Å². The molecule has 0 fully saturated rings. The second-order valence-electron chi connectivity index (χ2n) is 4.37. The summed E-state index contributed by atoms with van der Waals surface area (Å²) < 4.78 is 0. The molecule has 4 nitrogen and oxygen atoms in total. The molecule has 80 valence electrons. The molecule has 0 aliphatic heterocycles. The van der Waals surface area contributed by atoms with Gasteiger partial charge in [-0.2, -0.15) is 5.10 Å². The molecule has 1 aromatic rings. The summed E-state index contributed by atoms with van der Waals surface area (Å²) in [6.45, 7) is 8.71. The van der Waals surface area contributed by atoms with E-state index in [-0.39, 0.29) is 6.04 Å². The molecule has 1 aromatic heterocycles. The highest BCUT2D eigenvalue weighted by molar-refractivity contribution is 4.92.